The molecule has 0 spiro atoms. The Morgan fingerprint density at radius 3 is 3.17 bits per heavy atom. The van der Waals surface area contributed by atoms with Gasteiger partial charge in [0.15, 0.2) is 0 Å². The number of hydrogen-bond donors (Lipinski definition) is 0. The number of carbonyl (C=O) groups is 1. The Hall–Kier alpha value is -1.31. The summed E-state index contributed by atoms with van der Waals surface area (Å²) in [6.07, 6.45) is 8.68. The number of hydrogen-bond acceptors (Lipinski definition) is 1. The van der Waals surface area contributed by atoms with Gasteiger partial charge in [0.1, 0.15) is 0 Å². The lowest BCUT2D eigenvalue weighted by atomic mass is 10.00. The number of amides is 1. The van der Waals surface area contributed by atoms with E-state index in [2.05, 4.69) is 12.7 Å². The molecule has 0 aromatic rings. The molecule has 0 aromatic heterocycles. The monoisotopic (exact) mass is 161 g/mol. The minimum absolute atomic E-state index is 0.0492. The fourth-order valence-corrected chi connectivity index (χ4v) is 1.72. The van der Waals surface area contributed by atoms with E-state index < -0.39 is 0 Å². The zero-order valence-corrected chi connectivity index (χ0v) is 6.92. The zero-order valence-electron chi connectivity index (χ0n) is 6.92. The predicted octanol–water partition coefficient (Wildman–Crippen LogP) is 1.97. The molecule has 0 fully saturated rings. The first-order valence-electron chi connectivity index (χ1n) is 4.20. The van der Waals surface area contributed by atoms with Crippen LogP contribution in [0.2, 0.25) is 0 Å². The first kappa shape index (κ1) is 7.35. The number of rotatable bonds is 1. The summed E-state index contributed by atoms with van der Waals surface area (Å²) in [6, 6.07) is 0. The number of carbonyl (C=O) groups excluding carboxylic acids is 1. The Labute approximate surface area is 71.9 Å². The maximum absolute atomic E-state index is 11.3. The van der Waals surface area contributed by atoms with Crippen LogP contribution in [-0.4, -0.2) is 10.8 Å². The minimum Gasteiger partial charge on any atom is -0.285 e. The highest BCUT2D eigenvalue weighted by Crippen LogP contribution is 2.31. The summed E-state index contributed by atoms with van der Waals surface area (Å²) in [5, 5.41) is 0. The van der Waals surface area contributed by atoms with Gasteiger partial charge in [-0.1, -0.05) is 12.7 Å². The molecule has 1 heterocycles. The van der Waals surface area contributed by atoms with Gasteiger partial charge in [-0.25, -0.2) is 0 Å². The molecule has 1 amide bonds. The van der Waals surface area contributed by atoms with E-state index in [4.69, 9.17) is 0 Å². The molecule has 2 rings (SSSR count). The van der Waals surface area contributed by atoms with E-state index in [0.717, 1.165) is 25.0 Å². The topological polar surface area (TPSA) is 20.3 Å². The van der Waals surface area contributed by atoms with Crippen LogP contribution in [0.15, 0.2) is 36.2 Å². The molecule has 0 atom stereocenters. The third-order valence-corrected chi connectivity index (χ3v) is 2.29. The molecule has 1 aliphatic carbocycles. The second-order valence-corrected chi connectivity index (χ2v) is 3.04. The molecule has 0 bridgehead atoms. The molecule has 2 heteroatoms. The Bertz CT molecular complexity index is 299. The van der Waals surface area contributed by atoms with Gasteiger partial charge in [0, 0.05) is 18.0 Å². The average molecular weight is 161 g/mol. The summed E-state index contributed by atoms with van der Waals surface area (Å²) >= 11 is 0. The fourth-order valence-electron chi connectivity index (χ4n) is 1.72. The fraction of sp³-hybridized carbons (Fsp3) is 0.300. The number of allylic oxidation sites excluding steroid dienone is 2. The van der Waals surface area contributed by atoms with Crippen molar-refractivity contribution in [2.75, 3.05) is 0 Å². The van der Waals surface area contributed by atoms with Gasteiger partial charge < -0.3 is 0 Å². The molecule has 1 aliphatic heterocycles. The normalized spacial score (nSPS) is 21.7. The Morgan fingerprint density at radius 1 is 1.58 bits per heavy atom. The van der Waals surface area contributed by atoms with E-state index >= 15 is 0 Å². The van der Waals surface area contributed by atoms with Crippen molar-refractivity contribution in [3.05, 3.63) is 36.2 Å². The van der Waals surface area contributed by atoms with Gasteiger partial charge in [-0.2, -0.15) is 0 Å². The molecule has 0 aromatic carbocycles. The second kappa shape index (κ2) is 2.63. The Kier molecular flexibility index (Phi) is 1.61. The molecule has 0 unspecified atom stereocenters. The summed E-state index contributed by atoms with van der Waals surface area (Å²) in [6.45, 7) is 3.62. The molecule has 0 saturated carbocycles. The van der Waals surface area contributed by atoms with Crippen molar-refractivity contribution in [1.29, 1.82) is 0 Å². The molecule has 62 valence electrons. The lowest BCUT2D eigenvalue weighted by Crippen LogP contribution is -2.17. The van der Waals surface area contributed by atoms with E-state index in [-0.39, 0.29) is 5.91 Å². The van der Waals surface area contributed by atoms with Crippen LogP contribution in [0.3, 0.4) is 0 Å². The van der Waals surface area contributed by atoms with Crippen molar-refractivity contribution < 1.29 is 4.79 Å². The summed E-state index contributed by atoms with van der Waals surface area (Å²) in [5.74, 6) is 0.0492. The van der Waals surface area contributed by atoms with Crippen LogP contribution in [0.1, 0.15) is 19.3 Å². The predicted molar refractivity (Wildman–Crippen MR) is 47.1 cm³/mol. The van der Waals surface area contributed by atoms with E-state index in [1.54, 1.807) is 17.2 Å². The van der Waals surface area contributed by atoms with Crippen LogP contribution < -0.4 is 0 Å². The first-order valence-corrected chi connectivity index (χ1v) is 4.20. The lowest BCUT2D eigenvalue weighted by molar-refractivity contribution is -0.121. The van der Waals surface area contributed by atoms with E-state index in [1.807, 2.05) is 0 Å². The van der Waals surface area contributed by atoms with Gasteiger partial charge >= 0.3 is 0 Å². The largest absolute Gasteiger partial charge is 0.285 e. The quantitative estimate of drug-likeness (QED) is 0.575. The summed E-state index contributed by atoms with van der Waals surface area (Å²) in [5.41, 5.74) is 2.23. The molecule has 0 radical (unpaired) electrons. The van der Waals surface area contributed by atoms with Crippen LogP contribution in [0.4, 0.5) is 0 Å². The molecule has 0 N–H and O–H groups in total. The zero-order chi connectivity index (χ0) is 8.55. The van der Waals surface area contributed by atoms with Crippen LogP contribution in [0.25, 0.3) is 0 Å². The summed E-state index contributed by atoms with van der Waals surface area (Å²) in [4.78, 5) is 12.9. The third kappa shape index (κ3) is 0.916. The SMILES string of the molecule is C=CN1C(=O)C=C2CCCC=C21. The van der Waals surface area contributed by atoms with Gasteiger partial charge in [-0.3, -0.25) is 9.69 Å². The molecular weight excluding hydrogens is 150 g/mol. The van der Waals surface area contributed by atoms with E-state index in [1.165, 1.54) is 5.57 Å². The van der Waals surface area contributed by atoms with Crippen LogP contribution in [0, 0.1) is 0 Å². The highest BCUT2D eigenvalue weighted by atomic mass is 16.2. The standard InChI is InChI=1S/C10H11NO/c1-2-11-9-6-4-3-5-8(9)7-10(11)12/h2,6-7H,1,3-5H2. The van der Waals surface area contributed by atoms with Gasteiger partial charge in [-0.15, -0.1) is 0 Å². The summed E-state index contributed by atoms with van der Waals surface area (Å²) < 4.78 is 0. The Morgan fingerprint density at radius 2 is 2.42 bits per heavy atom. The van der Waals surface area contributed by atoms with Crippen LogP contribution in [0.5, 0.6) is 0 Å². The number of fused-ring (bicyclic) bond motifs is 1. The minimum atomic E-state index is 0.0492. The van der Waals surface area contributed by atoms with Crippen molar-refractivity contribution in [2.24, 2.45) is 0 Å². The van der Waals surface area contributed by atoms with Crippen molar-refractivity contribution in [1.82, 2.24) is 4.90 Å². The molecule has 0 saturated heterocycles. The first-order chi connectivity index (χ1) is 5.83. The van der Waals surface area contributed by atoms with Gasteiger partial charge in [-0.05, 0) is 24.8 Å². The summed E-state index contributed by atoms with van der Waals surface area (Å²) in [7, 11) is 0. The van der Waals surface area contributed by atoms with Crippen molar-refractivity contribution in [3.8, 4) is 0 Å². The maximum atomic E-state index is 11.3. The van der Waals surface area contributed by atoms with Gasteiger partial charge in [0.05, 0.1) is 0 Å². The van der Waals surface area contributed by atoms with E-state index in [0.29, 0.717) is 0 Å². The molecule has 12 heavy (non-hydrogen) atoms. The van der Waals surface area contributed by atoms with Gasteiger partial charge in [0.25, 0.3) is 5.91 Å². The van der Waals surface area contributed by atoms with Crippen molar-refractivity contribution in [2.45, 2.75) is 19.3 Å². The van der Waals surface area contributed by atoms with Crippen molar-refractivity contribution in [3.63, 3.8) is 0 Å². The van der Waals surface area contributed by atoms with E-state index in [9.17, 15) is 4.79 Å². The second-order valence-electron chi connectivity index (χ2n) is 3.04. The smallest absolute Gasteiger partial charge is 0.255 e. The van der Waals surface area contributed by atoms with Crippen LogP contribution >= 0.6 is 0 Å². The highest BCUT2D eigenvalue weighted by molar-refractivity contribution is 5.95. The van der Waals surface area contributed by atoms with Crippen molar-refractivity contribution >= 4 is 5.91 Å². The molecular formula is C10H11NO. The average Bonchev–Trinajstić information content (AvgIpc) is 2.40. The number of nitrogens with zero attached hydrogens (tertiary/aromatic N) is 1. The maximum Gasteiger partial charge on any atom is 0.255 e. The van der Waals surface area contributed by atoms with Crippen LogP contribution in [-0.2, 0) is 4.79 Å². The molecule has 2 aliphatic rings. The van der Waals surface area contributed by atoms with Gasteiger partial charge in [0.2, 0.25) is 0 Å². The Balaban J connectivity index is 2.40. The lowest BCUT2D eigenvalue weighted by Gasteiger charge is -2.18. The third-order valence-electron chi connectivity index (χ3n) is 2.29. The highest BCUT2D eigenvalue weighted by Gasteiger charge is 2.25. The molecule has 2 nitrogen and oxygen atoms in total.